The number of hydrogen-bond acceptors (Lipinski definition) is 2. The molecule has 1 rings (SSSR count). The maximum atomic E-state index is 11.6. The van der Waals surface area contributed by atoms with Gasteiger partial charge in [-0.05, 0) is 0 Å². The van der Waals surface area contributed by atoms with Gasteiger partial charge >= 0.3 is 0 Å². The summed E-state index contributed by atoms with van der Waals surface area (Å²) in [6.45, 7) is 0. The minimum absolute atomic E-state index is 0.211. The van der Waals surface area contributed by atoms with Crippen LogP contribution in [0, 0.1) is 0 Å². The predicted molar refractivity (Wildman–Crippen MR) is 31.8 cm³/mol. The van der Waals surface area contributed by atoms with Crippen LogP contribution >= 0.6 is 11.3 Å². The Balaban J connectivity index is 2.48. The predicted octanol–water partition coefficient (Wildman–Crippen LogP) is 1.95. The molecule has 1 aromatic heterocycles. The van der Waals surface area contributed by atoms with E-state index in [-0.39, 0.29) is 6.42 Å². The van der Waals surface area contributed by atoms with Crippen molar-refractivity contribution >= 4 is 11.3 Å². The van der Waals surface area contributed by atoms with Crippen LogP contribution in [-0.2, 0) is 6.42 Å². The van der Waals surface area contributed by atoms with Gasteiger partial charge < -0.3 is 0 Å². The molecular formula is C5H5F2NS. The van der Waals surface area contributed by atoms with Crippen molar-refractivity contribution in [3.63, 3.8) is 0 Å². The van der Waals surface area contributed by atoms with Gasteiger partial charge in [0.1, 0.15) is 0 Å². The topological polar surface area (TPSA) is 12.9 Å². The average Bonchev–Trinajstić information content (AvgIpc) is 2.15. The third-order valence-corrected chi connectivity index (χ3v) is 1.61. The Hall–Kier alpha value is -0.510. The summed E-state index contributed by atoms with van der Waals surface area (Å²) in [5, 5.41) is 2.20. The zero-order valence-electron chi connectivity index (χ0n) is 4.55. The van der Waals surface area contributed by atoms with E-state index in [1.807, 2.05) is 0 Å². The van der Waals surface area contributed by atoms with Crippen molar-refractivity contribution in [3.05, 3.63) is 16.6 Å². The van der Waals surface area contributed by atoms with Crippen LogP contribution in [0.4, 0.5) is 8.78 Å². The second kappa shape index (κ2) is 2.87. The molecule has 0 saturated heterocycles. The molecule has 1 heterocycles. The van der Waals surface area contributed by atoms with E-state index in [2.05, 4.69) is 4.98 Å². The van der Waals surface area contributed by atoms with Crippen LogP contribution in [0.15, 0.2) is 11.6 Å². The lowest BCUT2D eigenvalue weighted by atomic mass is 10.5. The number of nitrogens with zero attached hydrogens (tertiary/aromatic N) is 1. The fourth-order valence-electron chi connectivity index (χ4n) is 0.486. The molecule has 0 aliphatic carbocycles. The van der Waals surface area contributed by atoms with E-state index in [1.165, 1.54) is 17.5 Å². The minimum atomic E-state index is -2.27. The van der Waals surface area contributed by atoms with Gasteiger partial charge in [-0.1, -0.05) is 0 Å². The first-order chi connectivity index (χ1) is 4.29. The molecule has 0 aliphatic heterocycles. The number of aromatic nitrogens is 1. The van der Waals surface area contributed by atoms with Gasteiger partial charge in [0, 0.05) is 11.6 Å². The SMILES string of the molecule is FC(F)Cc1nccs1. The normalized spacial score (nSPS) is 10.6. The van der Waals surface area contributed by atoms with Gasteiger partial charge in [-0.2, -0.15) is 0 Å². The summed E-state index contributed by atoms with van der Waals surface area (Å²) in [6.07, 6.45) is -0.948. The van der Waals surface area contributed by atoms with E-state index < -0.39 is 6.43 Å². The average molecular weight is 149 g/mol. The fourth-order valence-corrected chi connectivity index (χ4v) is 1.11. The second-order valence-corrected chi connectivity index (χ2v) is 2.50. The fraction of sp³-hybridized carbons (Fsp3) is 0.400. The minimum Gasteiger partial charge on any atom is -0.249 e. The highest BCUT2D eigenvalue weighted by Crippen LogP contribution is 2.09. The number of halogens is 2. The largest absolute Gasteiger partial charge is 0.249 e. The highest BCUT2D eigenvalue weighted by atomic mass is 32.1. The molecule has 0 aromatic carbocycles. The lowest BCUT2D eigenvalue weighted by molar-refractivity contribution is 0.149. The van der Waals surface area contributed by atoms with Crippen molar-refractivity contribution in [2.45, 2.75) is 12.8 Å². The Morgan fingerprint density at radius 1 is 1.67 bits per heavy atom. The van der Waals surface area contributed by atoms with Crippen LogP contribution in [0.5, 0.6) is 0 Å². The Labute approximate surface area is 55.4 Å². The number of alkyl halides is 2. The molecule has 0 radical (unpaired) electrons. The molecular weight excluding hydrogens is 144 g/mol. The number of hydrogen-bond donors (Lipinski definition) is 0. The summed E-state index contributed by atoms with van der Waals surface area (Å²) in [5.74, 6) is 0. The molecule has 1 aromatic rings. The third-order valence-electron chi connectivity index (χ3n) is 0.812. The Morgan fingerprint density at radius 2 is 2.44 bits per heavy atom. The third kappa shape index (κ3) is 2.05. The van der Waals surface area contributed by atoms with Crippen LogP contribution in [0.2, 0.25) is 0 Å². The maximum absolute atomic E-state index is 11.6. The molecule has 0 aliphatic rings. The van der Waals surface area contributed by atoms with E-state index in [1.54, 1.807) is 5.38 Å². The molecule has 9 heavy (non-hydrogen) atoms. The van der Waals surface area contributed by atoms with Crippen molar-refractivity contribution in [3.8, 4) is 0 Å². The molecule has 0 unspecified atom stereocenters. The van der Waals surface area contributed by atoms with Gasteiger partial charge in [-0.15, -0.1) is 11.3 Å². The van der Waals surface area contributed by atoms with Gasteiger partial charge in [0.15, 0.2) is 0 Å². The highest BCUT2D eigenvalue weighted by molar-refractivity contribution is 7.09. The first-order valence-corrected chi connectivity index (χ1v) is 3.33. The molecule has 0 N–H and O–H groups in total. The molecule has 0 amide bonds. The molecule has 0 bridgehead atoms. The van der Waals surface area contributed by atoms with Gasteiger partial charge in [-0.25, -0.2) is 13.8 Å². The van der Waals surface area contributed by atoms with Crippen LogP contribution in [0.3, 0.4) is 0 Å². The van der Waals surface area contributed by atoms with Crippen LogP contribution in [0.25, 0.3) is 0 Å². The highest BCUT2D eigenvalue weighted by Gasteiger charge is 2.04. The van der Waals surface area contributed by atoms with E-state index in [9.17, 15) is 8.78 Å². The Bertz CT molecular complexity index is 161. The Kier molecular flexibility index (Phi) is 2.10. The monoisotopic (exact) mass is 149 g/mol. The van der Waals surface area contributed by atoms with Crippen LogP contribution < -0.4 is 0 Å². The lowest BCUT2D eigenvalue weighted by Crippen LogP contribution is -1.94. The van der Waals surface area contributed by atoms with Crippen molar-refractivity contribution < 1.29 is 8.78 Å². The summed E-state index contributed by atoms with van der Waals surface area (Å²) in [5.41, 5.74) is 0. The summed E-state index contributed by atoms with van der Waals surface area (Å²) < 4.78 is 23.1. The van der Waals surface area contributed by atoms with Crippen LogP contribution in [-0.4, -0.2) is 11.4 Å². The first-order valence-electron chi connectivity index (χ1n) is 2.45. The van der Waals surface area contributed by atoms with Gasteiger partial charge in [0.2, 0.25) is 6.43 Å². The lowest BCUT2D eigenvalue weighted by Gasteiger charge is -1.90. The van der Waals surface area contributed by atoms with Gasteiger partial charge in [0.05, 0.1) is 11.4 Å². The smallest absolute Gasteiger partial charge is 0.244 e. The van der Waals surface area contributed by atoms with E-state index in [0.29, 0.717) is 5.01 Å². The molecule has 0 fully saturated rings. The first kappa shape index (κ1) is 6.61. The van der Waals surface area contributed by atoms with Crippen molar-refractivity contribution in [2.75, 3.05) is 0 Å². The van der Waals surface area contributed by atoms with Crippen molar-refractivity contribution in [1.29, 1.82) is 0 Å². The van der Waals surface area contributed by atoms with E-state index >= 15 is 0 Å². The standard InChI is InChI=1S/C5H5F2NS/c6-4(7)3-5-8-1-2-9-5/h1-2,4H,3H2. The molecule has 0 atom stereocenters. The molecule has 1 nitrogen and oxygen atoms in total. The van der Waals surface area contributed by atoms with Gasteiger partial charge in [-0.3, -0.25) is 0 Å². The summed E-state index contributed by atoms with van der Waals surface area (Å²) >= 11 is 1.26. The zero-order valence-corrected chi connectivity index (χ0v) is 5.37. The van der Waals surface area contributed by atoms with Gasteiger partial charge in [0.25, 0.3) is 0 Å². The van der Waals surface area contributed by atoms with E-state index in [0.717, 1.165) is 0 Å². The van der Waals surface area contributed by atoms with E-state index in [4.69, 9.17) is 0 Å². The summed E-state index contributed by atoms with van der Waals surface area (Å²) in [4.78, 5) is 3.69. The van der Waals surface area contributed by atoms with Crippen molar-refractivity contribution in [2.24, 2.45) is 0 Å². The van der Waals surface area contributed by atoms with Crippen LogP contribution in [0.1, 0.15) is 5.01 Å². The quantitative estimate of drug-likeness (QED) is 0.626. The van der Waals surface area contributed by atoms with Crippen molar-refractivity contribution in [1.82, 2.24) is 4.98 Å². The zero-order chi connectivity index (χ0) is 6.69. The molecule has 0 spiro atoms. The molecule has 50 valence electrons. The Morgan fingerprint density at radius 3 is 2.89 bits per heavy atom. The molecule has 4 heteroatoms. The second-order valence-electron chi connectivity index (χ2n) is 1.52. The molecule has 0 saturated carbocycles. The summed E-state index contributed by atoms with van der Waals surface area (Å²) in [6, 6.07) is 0. The maximum Gasteiger partial charge on any atom is 0.244 e. The number of thiazole rings is 1. The summed E-state index contributed by atoms with van der Waals surface area (Å²) in [7, 11) is 0. The number of rotatable bonds is 2.